The predicted octanol–water partition coefficient (Wildman–Crippen LogP) is -3.81. The Labute approximate surface area is 564 Å². The normalized spacial score (nSPS) is 25.2. The summed E-state index contributed by atoms with van der Waals surface area (Å²) >= 11 is 0. The molecule has 0 radical (unpaired) electrons. The molecule has 0 aromatic heterocycles. The molecule has 1 aromatic carbocycles. The molecule has 34 nitrogen and oxygen atoms in total. The number of rotatable bonds is 21. The first-order valence-electron chi connectivity index (χ1n) is 32.6. The summed E-state index contributed by atoms with van der Waals surface area (Å²) in [6, 6.07) is -11.2. The number of primary amides is 1. The lowest BCUT2D eigenvalue weighted by Gasteiger charge is -2.37. The Morgan fingerprint density at radius 1 is 0.722 bits per heavy atom. The lowest BCUT2D eigenvalue weighted by molar-refractivity contribution is -0.159. The molecule has 20 N–H and O–H groups in total. The van der Waals surface area contributed by atoms with Gasteiger partial charge < -0.3 is 99.9 Å². The van der Waals surface area contributed by atoms with Crippen LogP contribution in [-0.4, -0.2) is 219 Å². The summed E-state index contributed by atoms with van der Waals surface area (Å²) in [5.41, 5.74) is 9.82. The minimum Gasteiger partial charge on any atom is -0.453 e. The number of hydrogen-bond acceptors (Lipinski definition) is 20. The number of benzene rings is 1. The van der Waals surface area contributed by atoms with Crippen LogP contribution in [0.5, 0.6) is 0 Å². The number of hydrogen-bond donors (Lipinski definition) is 18. The fourth-order valence-corrected chi connectivity index (χ4v) is 10.4. The molecule has 34 heteroatoms. The van der Waals surface area contributed by atoms with Gasteiger partial charge in [-0.3, -0.25) is 63.0 Å². The van der Waals surface area contributed by atoms with E-state index in [0.717, 1.165) is 6.92 Å². The molecule has 3 rings (SSSR count). The van der Waals surface area contributed by atoms with Crippen LogP contribution >= 0.6 is 0 Å². The van der Waals surface area contributed by atoms with E-state index in [9.17, 15) is 68.4 Å². The second-order valence-electron chi connectivity index (χ2n) is 26.5. The number of likely N-dealkylation sites (tertiary alicyclic amines) is 1. The fourth-order valence-electron chi connectivity index (χ4n) is 10.4. The quantitative estimate of drug-likeness (QED) is 0.0243. The van der Waals surface area contributed by atoms with Gasteiger partial charge in [0.05, 0.1) is 25.4 Å². The lowest BCUT2D eigenvalue weighted by atomic mass is 9.95. The van der Waals surface area contributed by atoms with Crippen molar-refractivity contribution >= 4 is 83.0 Å². The van der Waals surface area contributed by atoms with Gasteiger partial charge in [-0.25, -0.2) is 9.59 Å². The Morgan fingerprint density at radius 2 is 1.30 bits per heavy atom. The molecule has 2 fully saturated rings. The van der Waals surface area contributed by atoms with Crippen molar-refractivity contribution in [2.24, 2.45) is 35.1 Å². The number of aliphatic hydroxyl groups is 4. The Balaban J connectivity index is 2.42. The summed E-state index contributed by atoms with van der Waals surface area (Å²) in [4.78, 5) is 187. The molecule has 12 amide bonds. The zero-order valence-electron chi connectivity index (χ0n) is 57.3. The number of ether oxygens (including phenoxy) is 2. The third-order valence-electron chi connectivity index (χ3n) is 15.9. The van der Waals surface area contributed by atoms with Gasteiger partial charge in [-0.15, -0.1) is 0 Å². The zero-order valence-corrected chi connectivity index (χ0v) is 57.3. The summed E-state index contributed by atoms with van der Waals surface area (Å²) in [5.74, 6) is -17.7. The minimum absolute atomic E-state index is 0.00351. The second kappa shape index (κ2) is 38.8. The third-order valence-corrected chi connectivity index (χ3v) is 15.9. The number of piperidine rings is 1. The molecule has 1 aromatic rings. The van der Waals surface area contributed by atoms with Crippen molar-refractivity contribution in [1.29, 1.82) is 5.41 Å². The van der Waals surface area contributed by atoms with Gasteiger partial charge in [-0.05, 0) is 102 Å². The fraction of sp³-hybridized carbons (Fsp3) is 0.683. The summed E-state index contributed by atoms with van der Waals surface area (Å²) < 4.78 is 11.6. The van der Waals surface area contributed by atoms with E-state index >= 15 is 14.4 Å². The lowest BCUT2D eigenvalue weighted by Crippen LogP contribution is -2.64. The largest absolute Gasteiger partial charge is 0.453 e. The maximum Gasteiger partial charge on any atom is 0.410 e. The zero-order chi connectivity index (χ0) is 73.3. The number of guanidine groups is 1. The molecule has 97 heavy (non-hydrogen) atoms. The molecule has 2 aliphatic heterocycles. The van der Waals surface area contributed by atoms with Gasteiger partial charge in [0.25, 0.3) is 0 Å². The van der Waals surface area contributed by atoms with Crippen LogP contribution in [0, 0.1) is 29.1 Å². The summed E-state index contributed by atoms with van der Waals surface area (Å²) in [5, 5.41) is 78.7. The van der Waals surface area contributed by atoms with Crippen molar-refractivity contribution in [2.45, 2.75) is 225 Å². The number of esters is 1. The molecule has 0 saturated carbocycles. The van der Waals surface area contributed by atoms with E-state index in [1.54, 1.807) is 62.3 Å². The number of carbonyl (C=O) groups excluding carboxylic acids is 13. The number of nitrogens with zero attached hydrogens (tertiary/aromatic N) is 1. The molecular weight excluding hydrogens is 1270 g/mol. The standard InChI is InChI=1S/C63H103N15O19/c1-13-33(8)42-56(90)75-43(34(9)80)55(89)68-28-41(81)73-45(48(83)50(64)84)58(92)72-39(29-79)60(94)96-49(35-20-15-14-16-21-35)46(77-53(87)38(27-31(4)5)70-54(88)40-23-17-18-25-78(40)62(95)97-63(10,11)12)59(93)76-44(47(82)32(6)7)57(91)71-37(26-30(2)3)52(86)69-36(51(85)74-42)22-19-24-67-61(65)66/h14-16,20-21,30-34,36-40,42-49,79-80,82-83H,13,17-19,22-29H2,1-12H3,(H2,64,84)(H,68,89)(H,69,86)(H,70,88)(H,71,91)(H,72,92)(H,73,81)(H,74,85)(H,75,90)(H,76,93)(H,77,87)(H4,65,66,67)/t33-,34-,36+,37-,38-,39-,40+,42?,43?,44-,45-,46-,47+,48-,49+/m0/s1. The Kier molecular flexibility index (Phi) is 33.0. The van der Waals surface area contributed by atoms with Gasteiger partial charge in [0.15, 0.2) is 24.2 Å². The molecule has 2 heterocycles. The van der Waals surface area contributed by atoms with Crippen LogP contribution < -0.4 is 70.0 Å². The smallest absolute Gasteiger partial charge is 0.410 e. The van der Waals surface area contributed by atoms with Gasteiger partial charge >= 0.3 is 12.1 Å². The van der Waals surface area contributed by atoms with Crippen molar-refractivity contribution in [3.8, 4) is 0 Å². The van der Waals surface area contributed by atoms with Crippen molar-refractivity contribution in [1.82, 2.24) is 63.4 Å². The van der Waals surface area contributed by atoms with Gasteiger partial charge in [-0.2, -0.15) is 0 Å². The summed E-state index contributed by atoms with van der Waals surface area (Å²) in [6.07, 6.45) is -8.07. The molecule has 0 spiro atoms. The Hall–Kier alpha value is -8.76. The number of nitrogens with two attached hydrogens (primary N) is 2. The number of aliphatic hydroxyl groups excluding tert-OH is 4. The highest BCUT2D eigenvalue weighted by atomic mass is 16.6. The van der Waals surface area contributed by atoms with Crippen LogP contribution in [0.15, 0.2) is 30.3 Å². The van der Waals surface area contributed by atoms with E-state index in [2.05, 4.69) is 47.9 Å². The topological polar surface area (TPSA) is 533 Å². The monoisotopic (exact) mass is 1370 g/mol. The third kappa shape index (κ3) is 26.3. The van der Waals surface area contributed by atoms with Crippen molar-refractivity contribution in [3.63, 3.8) is 0 Å². The molecule has 544 valence electrons. The average Bonchev–Trinajstić information content (AvgIpc) is 0.822. The van der Waals surface area contributed by atoms with E-state index < -0.39 is 204 Å². The van der Waals surface area contributed by atoms with Crippen molar-refractivity contribution in [3.05, 3.63) is 35.9 Å². The molecule has 2 unspecified atom stereocenters. The molecule has 0 aliphatic carbocycles. The van der Waals surface area contributed by atoms with Crippen LogP contribution in [0.2, 0.25) is 0 Å². The van der Waals surface area contributed by atoms with Crippen LogP contribution in [0.25, 0.3) is 0 Å². The first kappa shape index (κ1) is 82.5. The Morgan fingerprint density at radius 3 is 1.86 bits per heavy atom. The first-order valence-corrected chi connectivity index (χ1v) is 32.6. The van der Waals surface area contributed by atoms with Gasteiger partial charge in [0.2, 0.25) is 65.0 Å². The Bertz CT molecular complexity index is 2910. The van der Waals surface area contributed by atoms with Crippen LogP contribution in [0.3, 0.4) is 0 Å². The van der Waals surface area contributed by atoms with E-state index in [0.29, 0.717) is 12.8 Å². The molecule has 15 atom stereocenters. The number of nitrogens with one attached hydrogen (secondary N) is 12. The predicted molar refractivity (Wildman–Crippen MR) is 349 cm³/mol. The van der Waals surface area contributed by atoms with Gasteiger partial charge in [0.1, 0.15) is 60.0 Å². The summed E-state index contributed by atoms with van der Waals surface area (Å²) in [6.45, 7) is 16.7. The van der Waals surface area contributed by atoms with Crippen LogP contribution in [0.4, 0.5) is 4.79 Å². The average molecular weight is 1370 g/mol. The highest BCUT2D eigenvalue weighted by Gasteiger charge is 2.45. The molecule has 2 saturated heterocycles. The van der Waals surface area contributed by atoms with Gasteiger partial charge in [0, 0.05) is 13.1 Å². The number of carbonyl (C=O) groups is 13. The van der Waals surface area contributed by atoms with E-state index in [1.165, 1.54) is 49.1 Å². The van der Waals surface area contributed by atoms with E-state index in [-0.39, 0.29) is 63.1 Å². The second-order valence-corrected chi connectivity index (χ2v) is 26.5. The molecule has 2 aliphatic rings. The maximum atomic E-state index is 15.6. The highest BCUT2D eigenvalue weighted by Crippen LogP contribution is 2.26. The first-order chi connectivity index (χ1) is 45.3. The summed E-state index contributed by atoms with van der Waals surface area (Å²) in [7, 11) is 0. The van der Waals surface area contributed by atoms with Crippen molar-refractivity contribution < 1.29 is 92.2 Å². The number of cyclic esters (lactones) is 1. The van der Waals surface area contributed by atoms with E-state index in [1.807, 2.05) is 10.6 Å². The SMILES string of the molecule is CC[C@H](C)C1NC(=O)[C@@H](CCCNC(=N)N)NC(=O)[C@H](CC(C)C)NC(=O)[C@H]([C@H](O)C(C)C)NC(=O)[C@@H](NC(=O)[C@H](CC(C)C)NC(=O)[C@H]2CCCCN2C(=O)OC(C)(C)C)[C@@H](c2ccccc2)OC(=O)[C@H](CO)NC(=O)[C@H]([C@H](O)C(N)=O)NC(=O)CNC(=O)C([C@H](C)O)NC1=O. The molecule has 0 bridgehead atoms. The number of amides is 12. The maximum absolute atomic E-state index is 15.6. The molecular formula is C63H103N15O19. The highest BCUT2D eigenvalue weighted by molar-refractivity contribution is 6.00. The van der Waals surface area contributed by atoms with Crippen molar-refractivity contribution in [2.75, 3.05) is 26.2 Å². The van der Waals surface area contributed by atoms with E-state index in [4.69, 9.17) is 26.4 Å². The minimum atomic E-state index is -2.59. The van der Waals surface area contributed by atoms with Crippen LogP contribution in [-0.2, 0) is 67.0 Å². The van der Waals surface area contributed by atoms with Crippen LogP contribution in [0.1, 0.15) is 146 Å². The van der Waals surface area contributed by atoms with Gasteiger partial charge in [-0.1, -0.05) is 92.1 Å².